The lowest BCUT2D eigenvalue weighted by Crippen LogP contribution is -2.20. The Hall–Kier alpha value is -2.29. The largest absolute Gasteiger partial charge is 0.458 e. The number of fused-ring (bicyclic) bond motifs is 2. The molecule has 3 aromatic rings. The van der Waals surface area contributed by atoms with Crippen LogP contribution in [0.3, 0.4) is 0 Å². The Kier molecular flexibility index (Phi) is 3.47. The first-order valence-electron chi connectivity index (χ1n) is 8.74. The molecule has 0 aromatic heterocycles. The Morgan fingerprint density at radius 3 is 2.00 bits per heavy atom. The number of hydrogen-bond acceptors (Lipinski definition) is 2. The molecular weight excluding hydrogens is 307 g/mol. The van der Waals surface area contributed by atoms with Crippen molar-refractivity contribution in [3.63, 3.8) is 0 Å². The molecular formula is C22H21BO2. The predicted molar refractivity (Wildman–Crippen MR) is 103 cm³/mol. The van der Waals surface area contributed by atoms with E-state index >= 15 is 0 Å². The first-order valence-corrected chi connectivity index (χ1v) is 8.74. The Morgan fingerprint density at radius 2 is 1.52 bits per heavy atom. The Labute approximate surface area is 149 Å². The number of hydrogen-bond donors (Lipinski definition) is 0. The molecule has 0 spiro atoms. The number of esters is 1. The van der Waals surface area contributed by atoms with Crippen molar-refractivity contribution in [1.82, 2.24) is 0 Å². The second kappa shape index (κ2) is 5.35. The molecule has 2 radical (unpaired) electrons. The summed E-state index contributed by atoms with van der Waals surface area (Å²) in [5, 5.41) is 3.66. The van der Waals surface area contributed by atoms with Gasteiger partial charge in [-0.2, -0.15) is 0 Å². The third kappa shape index (κ3) is 2.45. The van der Waals surface area contributed by atoms with Gasteiger partial charge in [0.2, 0.25) is 0 Å². The first kappa shape index (κ1) is 16.2. The van der Waals surface area contributed by atoms with E-state index in [1.165, 1.54) is 0 Å². The minimum atomic E-state index is -0.859. The molecule has 4 rings (SSSR count). The molecule has 25 heavy (non-hydrogen) atoms. The van der Waals surface area contributed by atoms with Gasteiger partial charge in [0.25, 0.3) is 0 Å². The first-order chi connectivity index (χ1) is 11.8. The minimum Gasteiger partial charge on any atom is -0.458 e. The molecule has 3 aromatic carbocycles. The summed E-state index contributed by atoms with van der Waals surface area (Å²) in [5.74, 6) is -0.304. The molecule has 0 N–H and O–H groups in total. The fourth-order valence-corrected chi connectivity index (χ4v) is 3.81. The highest BCUT2D eigenvalue weighted by atomic mass is 16.5. The molecule has 1 aliphatic rings. The maximum absolute atomic E-state index is 12.7. The lowest BCUT2D eigenvalue weighted by atomic mass is 9.77. The fraction of sp³-hybridized carbons (Fsp3) is 0.318. The van der Waals surface area contributed by atoms with Gasteiger partial charge in [-0.1, -0.05) is 62.4 Å². The van der Waals surface area contributed by atoms with Gasteiger partial charge in [-0.05, 0) is 46.4 Å². The summed E-state index contributed by atoms with van der Waals surface area (Å²) >= 11 is 0. The van der Waals surface area contributed by atoms with Crippen molar-refractivity contribution in [2.24, 2.45) is 5.41 Å². The molecule has 3 heteroatoms. The lowest BCUT2D eigenvalue weighted by Gasteiger charge is -2.22. The predicted octanol–water partition coefficient (Wildman–Crippen LogP) is 5.35. The third-order valence-corrected chi connectivity index (χ3v) is 5.67. The average Bonchev–Trinajstić information content (AvgIpc) is 3.11. The van der Waals surface area contributed by atoms with Crippen LogP contribution in [-0.2, 0) is 9.53 Å². The van der Waals surface area contributed by atoms with Crippen molar-refractivity contribution in [3.8, 4) is 0 Å². The molecule has 2 nitrogen and oxygen atoms in total. The van der Waals surface area contributed by atoms with E-state index in [4.69, 9.17) is 12.6 Å². The van der Waals surface area contributed by atoms with Crippen molar-refractivity contribution in [3.05, 3.63) is 60.2 Å². The number of carbonyl (C=O) groups is 1. The van der Waals surface area contributed by atoms with Gasteiger partial charge in [0.05, 0.1) is 7.85 Å². The van der Waals surface area contributed by atoms with Crippen LogP contribution in [0.4, 0.5) is 0 Å². The summed E-state index contributed by atoms with van der Waals surface area (Å²) in [6.07, 6.45) is 0.308. The molecule has 2 unspecified atom stereocenters. The van der Waals surface area contributed by atoms with E-state index in [1.807, 2.05) is 45.0 Å². The standard InChI is InChI=1S/C22H21BO2/c1-14(25-20(24)22(23)13-21(22,2)3)19-17-10-6-4-8-15(17)12-16-9-5-7-11-18(16)19/h4-12,14H,13H2,1-3H3. The highest BCUT2D eigenvalue weighted by molar-refractivity contribution is 6.30. The van der Waals surface area contributed by atoms with Gasteiger partial charge in [-0.25, -0.2) is 0 Å². The zero-order chi connectivity index (χ0) is 17.8. The van der Waals surface area contributed by atoms with Crippen molar-refractivity contribution in [2.75, 3.05) is 0 Å². The normalized spacial score (nSPS) is 22.7. The highest BCUT2D eigenvalue weighted by Gasteiger charge is 2.63. The van der Waals surface area contributed by atoms with Gasteiger partial charge in [0.15, 0.2) is 0 Å². The lowest BCUT2D eigenvalue weighted by molar-refractivity contribution is -0.150. The van der Waals surface area contributed by atoms with Gasteiger partial charge in [0, 0.05) is 10.9 Å². The van der Waals surface area contributed by atoms with Gasteiger partial charge in [-0.3, -0.25) is 4.79 Å². The zero-order valence-electron chi connectivity index (χ0n) is 14.9. The molecule has 0 amide bonds. The van der Waals surface area contributed by atoms with Gasteiger partial charge < -0.3 is 4.74 Å². The van der Waals surface area contributed by atoms with Crippen LogP contribution < -0.4 is 0 Å². The number of carbonyl (C=O) groups excluding carboxylic acids is 1. The van der Waals surface area contributed by atoms with E-state index in [1.54, 1.807) is 0 Å². The molecule has 124 valence electrons. The van der Waals surface area contributed by atoms with Crippen LogP contribution in [0.5, 0.6) is 0 Å². The minimum absolute atomic E-state index is 0.190. The molecule has 1 saturated carbocycles. The summed E-state index contributed by atoms with van der Waals surface area (Å²) in [4.78, 5) is 12.7. The van der Waals surface area contributed by atoms with Crippen LogP contribution in [-0.4, -0.2) is 13.8 Å². The number of benzene rings is 3. The summed E-state index contributed by atoms with van der Waals surface area (Å²) in [6, 6.07) is 18.6. The van der Waals surface area contributed by atoms with Gasteiger partial charge >= 0.3 is 5.97 Å². The van der Waals surface area contributed by atoms with Crippen molar-refractivity contribution in [1.29, 1.82) is 0 Å². The Balaban J connectivity index is 1.80. The summed E-state index contributed by atoms with van der Waals surface area (Å²) in [7, 11) is 6.24. The van der Waals surface area contributed by atoms with Crippen LogP contribution >= 0.6 is 0 Å². The molecule has 0 aliphatic heterocycles. The molecule has 1 aliphatic carbocycles. The Morgan fingerprint density at radius 1 is 1.04 bits per heavy atom. The SMILES string of the molecule is [B]C1(C(=O)OC(C)c2c3ccccc3cc3ccccc23)CC1(C)C. The van der Waals surface area contributed by atoms with Crippen LogP contribution in [0.25, 0.3) is 21.5 Å². The van der Waals surface area contributed by atoms with E-state index in [0.717, 1.165) is 27.1 Å². The smallest absolute Gasteiger partial charge is 0.304 e. The molecule has 0 saturated heterocycles. The quantitative estimate of drug-likeness (QED) is 0.368. The fourth-order valence-electron chi connectivity index (χ4n) is 3.81. The van der Waals surface area contributed by atoms with E-state index in [2.05, 4.69) is 30.3 Å². The summed E-state index contributed by atoms with van der Waals surface area (Å²) in [5.41, 5.74) is 0.856. The molecule has 2 atom stereocenters. The second-order valence-corrected chi connectivity index (χ2v) is 7.81. The van der Waals surface area contributed by atoms with E-state index in [9.17, 15) is 4.79 Å². The van der Waals surface area contributed by atoms with Crippen molar-refractivity contribution >= 4 is 35.4 Å². The van der Waals surface area contributed by atoms with E-state index < -0.39 is 5.31 Å². The van der Waals surface area contributed by atoms with Crippen LogP contribution in [0, 0.1) is 5.41 Å². The van der Waals surface area contributed by atoms with Crippen molar-refractivity contribution < 1.29 is 9.53 Å². The summed E-state index contributed by atoms with van der Waals surface area (Å²) < 4.78 is 5.85. The maximum Gasteiger partial charge on any atom is 0.304 e. The molecule has 1 fully saturated rings. The monoisotopic (exact) mass is 328 g/mol. The van der Waals surface area contributed by atoms with Crippen molar-refractivity contribution in [2.45, 2.75) is 38.6 Å². The molecule has 0 bridgehead atoms. The van der Waals surface area contributed by atoms with Crippen LogP contribution in [0.2, 0.25) is 5.31 Å². The number of ether oxygens (including phenoxy) is 1. The van der Waals surface area contributed by atoms with Crippen LogP contribution in [0.15, 0.2) is 54.6 Å². The van der Waals surface area contributed by atoms with E-state index in [-0.39, 0.29) is 17.5 Å². The highest BCUT2D eigenvalue weighted by Crippen LogP contribution is 2.68. The second-order valence-electron chi connectivity index (χ2n) is 7.81. The number of rotatable bonds is 3. The average molecular weight is 328 g/mol. The topological polar surface area (TPSA) is 26.3 Å². The zero-order valence-corrected chi connectivity index (χ0v) is 14.9. The van der Waals surface area contributed by atoms with E-state index in [0.29, 0.717) is 6.42 Å². The summed E-state index contributed by atoms with van der Waals surface area (Å²) in [6.45, 7) is 5.95. The Bertz CT molecular complexity index is 938. The maximum atomic E-state index is 12.7. The third-order valence-electron chi connectivity index (χ3n) is 5.67. The van der Waals surface area contributed by atoms with Gasteiger partial charge in [0.1, 0.15) is 6.10 Å². The molecule has 0 heterocycles. The van der Waals surface area contributed by atoms with Gasteiger partial charge in [-0.15, -0.1) is 0 Å². The van der Waals surface area contributed by atoms with Crippen LogP contribution in [0.1, 0.15) is 38.9 Å².